The highest BCUT2D eigenvalue weighted by Gasteiger charge is 2.29. The Morgan fingerprint density at radius 1 is 1.09 bits per heavy atom. The topological polar surface area (TPSA) is 41.5 Å². The summed E-state index contributed by atoms with van der Waals surface area (Å²) >= 11 is 0. The fourth-order valence-electron chi connectivity index (χ4n) is 2.93. The second-order valence-corrected chi connectivity index (χ2v) is 5.94. The van der Waals surface area contributed by atoms with E-state index in [9.17, 15) is 5.11 Å². The van der Waals surface area contributed by atoms with Crippen molar-refractivity contribution in [3.05, 3.63) is 65.2 Å². The Hall–Kier alpha value is -2.26. The zero-order valence-corrected chi connectivity index (χ0v) is 12.3. The molecule has 1 atom stereocenters. The quantitative estimate of drug-likeness (QED) is 0.898. The molecular formula is C19H19NO2. The highest BCUT2D eigenvalue weighted by atomic mass is 16.5. The van der Waals surface area contributed by atoms with Crippen LogP contribution in [0.25, 0.3) is 6.08 Å². The van der Waals surface area contributed by atoms with Gasteiger partial charge in [0.05, 0.1) is 5.69 Å². The molecule has 0 aromatic heterocycles. The number of rotatable bonds is 4. The normalized spacial score (nSPS) is 19.4. The molecule has 3 heteroatoms. The van der Waals surface area contributed by atoms with E-state index in [1.54, 1.807) is 6.08 Å². The zero-order valence-electron chi connectivity index (χ0n) is 12.3. The van der Waals surface area contributed by atoms with Gasteiger partial charge in [0.1, 0.15) is 18.6 Å². The van der Waals surface area contributed by atoms with Crippen molar-refractivity contribution in [3.8, 4) is 5.75 Å². The van der Waals surface area contributed by atoms with E-state index in [1.165, 1.54) is 24.0 Å². The minimum Gasteiger partial charge on any atom is -0.487 e. The first-order valence-corrected chi connectivity index (χ1v) is 7.78. The monoisotopic (exact) mass is 293 g/mol. The summed E-state index contributed by atoms with van der Waals surface area (Å²) in [7, 11) is 0. The van der Waals surface area contributed by atoms with Crippen LogP contribution in [0.3, 0.4) is 0 Å². The van der Waals surface area contributed by atoms with Crippen LogP contribution in [0.4, 0.5) is 5.69 Å². The van der Waals surface area contributed by atoms with Crippen LogP contribution in [0, 0.1) is 0 Å². The number of benzene rings is 2. The van der Waals surface area contributed by atoms with Crippen molar-refractivity contribution in [2.24, 2.45) is 0 Å². The van der Waals surface area contributed by atoms with Gasteiger partial charge in [-0.15, -0.1) is 0 Å². The molecule has 1 unspecified atom stereocenters. The van der Waals surface area contributed by atoms with Crippen molar-refractivity contribution in [3.63, 3.8) is 0 Å². The standard InChI is InChI=1S/C19H19NO2/c21-18-11-9-16-15(14-6-7-14)8-10-17(19(16)20-18)22-12-13-4-2-1-3-5-13/h1-5,8-11,14,18,20-21H,6-7,12H2. The number of anilines is 1. The summed E-state index contributed by atoms with van der Waals surface area (Å²) in [6, 6.07) is 14.3. The first-order chi connectivity index (χ1) is 10.8. The molecule has 1 saturated carbocycles. The minimum atomic E-state index is -0.652. The van der Waals surface area contributed by atoms with Gasteiger partial charge in [0.25, 0.3) is 0 Å². The summed E-state index contributed by atoms with van der Waals surface area (Å²) in [5.41, 5.74) is 4.57. The van der Waals surface area contributed by atoms with Crippen LogP contribution >= 0.6 is 0 Å². The van der Waals surface area contributed by atoms with E-state index >= 15 is 0 Å². The SMILES string of the molecule is OC1C=Cc2c(C3CC3)ccc(OCc3ccccc3)c2N1. The number of aliphatic hydroxyl groups excluding tert-OH is 1. The highest BCUT2D eigenvalue weighted by molar-refractivity contribution is 5.79. The van der Waals surface area contributed by atoms with E-state index in [1.807, 2.05) is 42.5 Å². The van der Waals surface area contributed by atoms with Gasteiger partial charge in [0.15, 0.2) is 0 Å². The van der Waals surface area contributed by atoms with Crippen molar-refractivity contribution in [2.75, 3.05) is 5.32 Å². The Labute approximate surface area is 130 Å². The van der Waals surface area contributed by atoms with Crippen LogP contribution in [-0.2, 0) is 6.61 Å². The fourth-order valence-corrected chi connectivity index (χ4v) is 2.93. The number of hydrogen-bond donors (Lipinski definition) is 2. The summed E-state index contributed by atoms with van der Waals surface area (Å²) < 4.78 is 5.99. The summed E-state index contributed by atoms with van der Waals surface area (Å²) in [5.74, 6) is 1.46. The van der Waals surface area contributed by atoms with Gasteiger partial charge in [-0.2, -0.15) is 0 Å². The molecule has 1 fully saturated rings. The average molecular weight is 293 g/mol. The number of ether oxygens (including phenoxy) is 1. The van der Waals surface area contributed by atoms with E-state index in [0.717, 1.165) is 17.0 Å². The van der Waals surface area contributed by atoms with Crippen molar-refractivity contribution in [1.29, 1.82) is 0 Å². The van der Waals surface area contributed by atoms with Crippen molar-refractivity contribution < 1.29 is 9.84 Å². The molecule has 1 aliphatic carbocycles. The summed E-state index contributed by atoms with van der Waals surface area (Å²) in [5, 5.41) is 13.0. The lowest BCUT2D eigenvalue weighted by molar-refractivity contribution is 0.250. The highest BCUT2D eigenvalue weighted by Crippen LogP contribution is 2.46. The summed E-state index contributed by atoms with van der Waals surface area (Å²) in [4.78, 5) is 0. The van der Waals surface area contributed by atoms with Gasteiger partial charge in [0.2, 0.25) is 0 Å². The average Bonchev–Trinajstić information content (AvgIpc) is 3.38. The van der Waals surface area contributed by atoms with Gasteiger partial charge < -0.3 is 15.2 Å². The first kappa shape index (κ1) is 13.4. The van der Waals surface area contributed by atoms with Gasteiger partial charge in [-0.05, 0) is 42.0 Å². The third kappa shape index (κ3) is 2.60. The van der Waals surface area contributed by atoms with Crippen molar-refractivity contribution in [1.82, 2.24) is 0 Å². The Morgan fingerprint density at radius 3 is 2.68 bits per heavy atom. The van der Waals surface area contributed by atoms with Crippen molar-refractivity contribution in [2.45, 2.75) is 31.6 Å². The summed E-state index contributed by atoms with van der Waals surface area (Å²) in [6.07, 6.45) is 5.66. The molecule has 3 nitrogen and oxygen atoms in total. The van der Waals surface area contributed by atoms with Gasteiger partial charge in [-0.3, -0.25) is 0 Å². The molecule has 0 bridgehead atoms. The Kier molecular flexibility index (Phi) is 3.35. The van der Waals surface area contributed by atoms with Crippen LogP contribution in [0.1, 0.15) is 35.4 Å². The molecule has 0 radical (unpaired) electrons. The molecule has 1 heterocycles. The Bertz CT molecular complexity index is 705. The van der Waals surface area contributed by atoms with Gasteiger partial charge >= 0.3 is 0 Å². The molecule has 2 N–H and O–H groups in total. The van der Waals surface area contributed by atoms with E-state index < -0.39 is 6.23 Å². The second-order valence-electron chi connectivity index (χ2n) is 5.94. The van der Waals surface area contributed by atoms with E-state index in [2.05, 4.69) is 11.4 Å². The molecule has 1 aliphatic heterocycles. The number of fused-ring (bicyclic) bond motifs is 1. The number of hydrogen-bond acceptors (Lipinski definition) is 3. The molecule has 0 saturated heterocycles. The van der Waals surface area contributed by atoms with Crippen LogP contribution in [0.2, 0.25) is 0 Å². The molecule has 4 rings (SSSR count). The molecule has 0 spiro atoms. The lowest BCUT2D eigenvalue weighted by Crippen LogP contribution is -2.20. The predicted octanol–water partition coefficient (Wildman–Crippen LogP) is 3.90. The first-order valence-electron chi connectivity index (χ1n) is 7.78. The van der Waals surface area contributed by atoms with Gasteiger partial charge in [-0.1, -0.05) is 42.5 Å². The maximum Gasteiger partial charge on any atom is 0.144 e. The van der Waals surface area contributed by atoms with E-state index in [4.69, 9.17) is 4.74 Å². The van der Waals surface area contributed by atoms with E-state index in [0.29, 0.717) is 12.5 Å². The molecule has 0 amide bonds. The number of nitrogens with one attached hydrogen (secondary N) is 1. The van der Waals surface area contributed by atoms with Crippen LogP contribution in [0.5, 0.6) is 5.75 Å². The predicted molar refractivity (Wildman–Crippen MR) is 87.9 cm³/mol. The lowest BCUT2D eigenvalue weighted by atomic mass is 9.98. The second kappa shape index (κ2) is 5.50. The van der Waals surface area contributed by atoms with Crippen LogP contribution in [0.15, 0.2) is 48.5 Å². The molecule has 2 aromatic rings. The molecule has 2 aromatic carbocycles. The third-order valence-corrected chi connectivity index (χ3v) is 4.23. The Balaban J connectivity index is 1.64. The molecule has 22 heavy (non-hydrogen) atoms. The molecule has 112 valence electrons. The fraction of sp³-hybridized carbons (Fsp3) is 0.263. The smallest absolute Gasteiger partial charge is 0.144 e. The number of aliphatic hydroxyl groups is 1. The Morgan fingerprint density at radius 2 is 1.91 bits per heavy atom. The molecule has 2 aliphatic rings. The maximum absolute atomic E-state index is 9.86. The van der Waals surface area contributed by atoms with Gasteiger partial charge in [0, 0.05) is 5.56 Å². The van der Waals surface area contributed by atoms with E-state index in [-0.39, 0.29) is 0 Å². The van der Waals surface area contributed by atoms with Gasteiger partial charge in [-0.25, -0.2) is 0 Å². The minimum absolute atomic E-state index is 0.525. The zero-order chi connectivity index (χ0) is 14.9. The van der Waals surface area contributed by atoms with Crippen LogP contribution < -0.4 is 10.1 Å². The largest absolute Gasteiger partial charge is 0.487 e. The maximum atomic E-state index is 9.86. The molecular weight excluding hydrogens is 274 g/mol. The lowest BCUT2D eigenvalue weighted by Gasteiger charge is -2.23. The third-order valence-electron chi connectivity index (χ3n) is 4.23. The van der Waals surface area contributed by atoms with Crippen LogP contribution in [-0.4, -0.2) is 11.3 Å². The summed E-state index contributed by atoms with van der Waals surface area (Å²) in [6.45, 7) is 0.525. The van der Waals surface area contributed by atoms with Crippen molar-refractivity contribution >= 4 is 11.8 Å².